The minimum atomic E-state index is -1.00. The Kier molecular flexibility index (Phi) is 16.8. The summed E-state index contributed by atoms with van der Waals surface area (Å²) in [6.07, 6.45) is 8.89. The van der Waals surface area contributed by atoms with Crippen LogP contribution in [-0.2, 0) is 20.6 Å². The zero-order valence-electron chi connectivity index (χ0n) is 18.0. The van der Waals surface area contributed by atoms with E-state index in [4.69, 9.17) is 24.1 Å². The molecule has 0 spiro atoms. The minimum Gasteiger partial charge on any atom is -0.462 e. The fourth-order valence-corrected chi connectivity index (χ4v) is 2.97. The van der Waals surface area contributed by atoms with Gasteiger partial charge in [0.2, 0.25) is 6.29 Å². The molecular weight excluding hydrogens is 372 g/mol. The Morgan fingerprint density at radius 3 is 2.14 bits per heavy atom. The molecule has 0 saturated heterocycles. The Labute approximate surface area is 176 Å². The van der Waals surface area contributed by atoms with E-state index in [1.54, 1.807) is 0 Å². The molecule has 29 heavy (non-hydrogen) atoms. The molecule has 0 amide bonds. The molecule has 1 rings (SSSR count). The molecule has 6 nitrogen and oxygen atoms in total. The Balaban J connectivity index is 2.14. The maximum Gasteiger partial charge on any atom is 0.221 e. The molecule has 0 aliphatic rings. The molecule has 6 heteroatoms. The van der Waals surface area contributed by atoms with Crippen molar-refractivity contribution in [3.8, 4) is 5.75 Å². The average Bonchev–Trinajstić information content (AvgIpc) is 2.73. The summed E-state index contributed by atoms with van der Waals surface area (Å²) in [6.45, 7) is 4.37. The Morgan fingerprint density at radius 1 is 0.793 bits per heavy atom. The van der Waals surface area contributed by atoms with Crippen molar-refractivity contribution in [2.45, 2.75) is 64.6 Å². The number of unbranched alkanes of at least 4 members (excludes halogenated alkanes) is 6. The van der Waals surface area contributed by atoms with Gasteiger partial charge in [0.05, 0.1) is 39.6 Å². The van der Waals surface area contributed by atoms with Gasteiger partial charge in [0, 0.05) is 0 Å². The number of para-hydroxylation sites is 1. The van der Waals surface area contributed by atoms with E-state index in [1.165, 1.54) is 38.5 Å². The maximum absolute atomic E-state index is 10.1. The molecular formula is C23H40O6. The summed E-state index contributed by atoms with van der Waals surface area (Å²) in [7, 11) is 0. The summed E-state index contributed by atoms with van der Waals surface area (Å²) in [4.78, 5) is 0. The molecule has 168 valence electrons. The molecule has 1 unspecified atom stereocenters. The van der Waals surface area contributed by atoms with E-state index in [0.717, 1.165) is 24.2 Å². The highest BCUT2D eigenvalue weighted by molar-refractivity contribution is 5.33. The van der Waals surface area contributed by atoms with Gasteiger partial charge in [0.25, 0.3) is 0 Å². The zero-order chi connectivity index (χ0) is 21.0. The summed E-state index contributed by atoms with van der Waals surface area (Å²) in [5.41, 5.74) is 1.13. The number of aryl methyl sites for hydroxylation is 1. The lowest BCUT2D eigenvalue weighted by Crippen LogP contribution is -2.24. The predicted octanol–water partition coefficient (Wildman–Crippen LogP) is 3.72. The third-order valence-electron chi connectivity index (χ3n) is 4.53. The van der Waals surface area contributed by atoms with Crippen LogP contribution in [0.4, 0.5) is 0 Å². The van der Waals surface area contributed by atoms with Crippen LogP contribution in [0, 0.1) is 0 Å². The van der Waals surface area contributed by atoms with Crippen molar-refractivity contribution in [3.63, 3.8) is 0 Å². The first kappa shape index (κ1) is 25.9. The molecule has 2 N–H and O–H groups in total. The number of ether oxygens (including phenoxy) is 4. The molecule has 1 aromatic carbocycles. The van der Waals surface area contributed by atoms with Crippen molar-refractivity contribution in [2.75, 3.05) is 46.2 Å². The molecule has 0 aromatic heterocycles. The number of hydrogen-bond acceptors (Lipinski definition) is 6. The number of benzene rings is 1. The molecule has 0 bridgehead atoms. The van der Waals surface area contributed by atoms with Gasteiger partial charge in [0.1, 0.15) is 12.4 Å². The second kappa shape index (κ2) is 18.8. The highest BCUT2D eigenvalue weighted by atomic mass is 16.6. The van der Waals surface area contributed by atoms with Gasteiger partial charge in [-0.3, -0.25) is 0 Å². The van der Waals surface area contributed by atoms with Gasteiger partial charge in [-0.2, -0.15) is 0 Å². The van der Waals surface area contributed by atoms with E-state index >= 15 is 0 Å². The highest BCUT2D eigenvalue weighted by Crippen LogP contribution is 2.22. The van der Waals surface area contributed by atoms with E-state index in [1.807, 2.05) is 18.2 Å². The molecule has 0 fully saturated rings. The van der Waals surface area contributed by atoms with Gasteiger partial charge in [-0.15, -0.1) is 0 Å². The van der Waals surface area contributed by atoms with Crippen LogP contribution in [0.3, 0.4) is 0 Å². The second-order valence-electron chi connectivity index (χ2n) is 7.07. The normalized spacial score (nSPS) is 12.2. The maximum atomic E-state index is 10.1. The number of hydrogen-bond donors (Lipinski definition) is 2. The van der Waals surface area contributed by atoms with Crippen LogP contribution in [-0.4, -0.2) is 62.8 Å². The zero-order valence-corrected chi connectivity index (χ0v) is 18.0. The number of aliphatic hydroxyl groups excluding tert-OH is 2. The smallest absolute Gasteiger partial charge is 0.221 e. The van der Waals surface area contributed by atoms with Crippen molar-refractivity contribution in [1.82, 2.24) is 0 Å². The van der Waals surface area contributed by atoms with Gasteiger partial charge in [0.15, 0.2) is 0 Å². The highest BCUT2D eigenvalue weighted by Gasteiger charge is 2.10. The summed E-state index contributed by atoms with van der Waals surface area (Å²) in [5, 5.41) is 18.7. The van der Waals surface area contributed by atoms with E-state index in [-0.39, 0.29) is 13.2 Å². The van der Waals surface area contributed by atoms with Crippen LogP contribution >= 0.6 is 0 Å². The van der Waals surface area contributed by atoms with Crippen molar-refractivity contribution in [1.29, 1.82) is 0 Å². The first-order chi connectivity index (χ1) is 14.3. The number of aliphatic hydroxyl groups is 2. The van der Waals surface area contributed by atoms with E-state index in [2.05, 4.69) is 13.0 Å². The van der Waals surface area contributed by atoms with Gasteiger partial charge in [-0.05, 0) is 24.5 Å². The lowest BCUT2D eigenvalue weighted by Gasteiger charge is -2.16. The molecule has 0 radical (unpaired) electrons. The van der Waals surface area contributed by atoms with Crippen molar-refractivity contribution >= 4 is 0 Å². The summed E-state index contributed by atoms with van der Waals surface area (Å²) in [6, 6.07) is 7.89. The lowest BCUT2D eigenvalue weighted by molar-refractivity contribution is -0.0861. The number of rotatable bonds is 20. The van der Waals surface area contributed by atoms with Crippen LogP contribution in [0.15, 0.2) is 24.3 Å². The minimum absolute atomic E-state index is 0.0170. The third-order valence-corrected chi connectivity index (χ3v) is 4.53. The van der Waals surface area contributed by atoms with Crippen LogP contribution < -0.4 is 4.74 Å². The van der Waals surface area contributed by atoms with Gasteiger partial charge in [-0.1, -0.05) is 63.6 Å². The summed E-state index contributed by atoms with van der Waals surface area (Å²) >= 11 is 0. The van der Waals surface area contributed by atoms with Gasteiger partial charge in [-0.25, -0.2) is 0 Å². The Morgan fingerprint density at radius 2 is 1.41 bits per heavy atom. The third kappa shape index (κ3) is 14.4. The topological polar surface area (TPSA) is 77.4 Å². The fraction of sp³-hybridized carbons (Fsp3) is 0.739. The molecule has 1 aromatic rings. The van der Waals surface area contributed by atoms with Gasteiger partial charge < -0.3 is 29.2 Å². The lowest BCUT2D eigenvalue weighted by atomic mass is 10.0. The first-order valence-electron chi connectivity index (χ1n) is 11.0. The fourth-order valence-electron chi connectivity index (χ4n) is 2.97. The average molecular weight is 413 g/mol. The van der Waals surface area contributed by atoms with E-state index < -0.39 is 6.29 Å². The first-order valence-corrected chi connectivity index (χ1v) is 11.0. The second-order valence-corrected chi connectivity index (χ2v) is 7.07. The van der Waals surface area contributed by atoms with Crippen LogP contribution in [0.1, 0.15) is 57.4 Å². The van der Waals surface area contributed by atoms with E-state index in [0.29, 0.717) is 33.0 Å². The van der Waals surface area contributed by atoms with Crippen LogP contribution in [0.5, 0.6) is 5.75 Å². The van der Waals surface area contributed by atoms with Crippen molar-refractivity contribution < 1.29 is 29.2 Å². The van der Waals surface area contributed by atoms with Crippen LogP contribution in [0.25, 0.3) is 0 Å². The van der Waals surface area contributed by atoms with Crippen LogP contribution in [0.2, 0.25) is 0 Å². The predicted molar refractivity (Wildman–Crippen MR) is 114 cm³/mol. The van der Waals surface area contributed by atoms with Gasteiger partial charge >= 0.3 is 0 Å². The SMILES string of the molecule is CCCCCCCCCc1ccccc1OC(O)COCCOCCOCCO. The quantitative estimate of drug-likeness (QED) is 0.251. The summed E-state index contributed by atoms with van der Waals surface area (Å²) in [5.74, 6) is 0.729. The molecule has 0 aliphatic heterocycles. The monoisotopic (exact) mass is 412 g/mol. The Hall–Kier alpha value is -1.18. The molecule has 0 aliphatic carbocycles. The summed E-state index contributed by atoms with van der Waals surface area (Å²) < 4.78 is 21.5. The standard InChI is InChI=1S/C23H40O6/c1-2-3-4-5-6-7-8-11-21-12-9-10-13-22(21)29-23(25)20-28-19-18-27-17-16-26-15-14-24/h9-10,12-13,23-25H,2-8,11,14-20H2,1H3. The van der Waals surface area contributed by atoms with Crippen molar-refractivity contribution in [2.24, 2.45) is 0 Å². The van der Waals surface area contributed by atoms with E-state index in [9.17, 15) is 5.11 Å². The molecule has 1 atom stereocenters. The molecule has 0 saturated carbocycles. The molecule has 0 heterocycles. The van der Waals surface area contributed by atoms with Crippen molar-refractivity contribution in [3.05, 3.63) is 29.8 Å². The Bertz CT molecular complexity index is 482. The largest absolute Gasteiger partial charge is 0.462 e.